The van der Waals surface area contributed by atoms with E-state index in [0.29, 0.717) is 17.9 Å². The number of likely N-dealkylation sites (N-methyl/N-ethyl adjacent to an activating group) is 1. The molecule has 1 amide bonds. The summed E-state index contributed by atoms with van der Waals surface area (Å²) in [6.45, 7) is 0.768. The second-order valence-corrected chi connectivity index (χ2v) is 7.39. The fourth-order valence-corrected chi connectivity index (χ4v) is 3.60. The first-order chi connectivity index (χ1) is 14.8. The largest absolute Gasteiger partial charge is 0.507 e. The number of hydrogen-bond acceptors (Lipinski definition) is 6. The van der Waals surface area contributed by atoms with E-state index < -0.39 is 29.3 Å². The van der Waals surface area contributed by atoms with Crippen LogP contribution >= 0.6 is 0 Å². The van der Waals surface area contributed by atoms with Crippen LogP contribution in [0.2, 0.25) is 0 Å². The van der Waals surface area contributed by atoms with Crippen molar-refractivity contribution in [2.75, 3.05) is 41.4 Å². The number of ether oxygens (including phenoxy) is 2. The average molecular weight is 428 g/mol. The lowest BCUT2D eigenvalue weighted by atomic mass is 9.94. The summed E-state index contributed by atoms with van der Waals surface area (Å²) in [5, 5.41) is 11.0. The second-order valence-electron chi connectivity index (χ2n) is 7.39. The van der Waals surface area contributed by atoms with Crippen LogP contribution in [0.3, 0.4) is 0 Å². The molecule has 1 fully saturated rings. The number of halogens is 1. The van der Waals surface area contributed by atoms with Gasteiger partial charge in [-0.25, -0.2) is 4.39 Å². The topological polar surface area (TPSA) is 79.3 Å². The van der Waals surface area contributed by atoms with E-state index in [4.69, 9.17) is 9.47 Å². The maximum Gasteiger partial charge on any atom is 0.295 e. The Labute approximate surface area is 180 Å². The molecule has 0 aromatic heterocycles. The Bertz CT molecular complexity index is 1030. The van der Waals surface area contributed by atoms with Gasteiger partial charge in [-0.3, -0.25) is 9.59 Å². The van der Waals surface area contributed by atoms with Crippen LogP contribution in [0.15, 0.2) is 48.0 Å². The van der Waals surface area contributed by atoms with Crippen molar-refractivity contribution in [3.8, 4) is 11.5 Å². The van der Waals surface area contributed by atoms with Gasteiger partial charge in [-0.2, -0.15) is 0 Å². The number of carbonyl (C=O) groups is 2. The fourth-order valence-electron chi connectivity index (χ4n) is 3.60. The molecule has 8 heteroatoms. The van der Waals surface area contributed by atoms with Crippen molar-refractivity contribution < 1.29 is 28.6 Å². The Morgan fingerprint density at radius 1 is 1.10 bits per heavy atom. The van der Waals surface area contributed by atoms with Crippen molar-refractivity contribution in [3.63, 3.8) is 0 Å². The highest BCUT2D eigenvalue weighted by atomic mass is 19.1. The number of Topliss-reactive ketones (excluding diaryl/α,β-unsaturated/α-hetero) is 1. The van der Waals surface area contributed by atoms with Crippen LogP contribution in [-0.2, 0) is 9.59 Å². The molecule has 1 aliphatic heterocycles. The van der Waals surface area contributed by atoms with Crippen molar-refractivity contribution in [1.82, 2.24) is 9.80 Å². The van der Waals surface area contributed by atoms with Crippen LogP contribution in [0.5, 0.6) is 11.5 Å². The molecular formula is C23H25FN2O5. The predicted molar refractivity (Wildman–Crippen MR) is 114 cm³/mol. The number of aliphatic hydroxyl groups is 1. The molecule has 1 N–H and O–H groups in total. The summed E-state index contributed by atoms with van der Waals surface area (Å²) in [7, 11) is 6.53. The number of hydrogen-bond donors (Lipinski definition) is 1. The van der Waals surface area contributed by atoms with E-state index in [9.17, 15) is 19.1 Å². The van der Waals surface area contributed by atoms with E-state index >= 15 is 0 Å². The minimum Gasteiger partial charge on any atom is -0.507 e. The minimum atomic E-state index is -0.874. The summed E-state index contributed by atoms with van der Waals surface area (Å²) in [4.78, 5) is 29.2. The zero-order chi connectivity index (χ0) is 22.7. The van der Waals surface area contributed by atoms with Crippen LogP contribution in [-0.4, -0.2) is 68.0 Å². The third kappa shape index (κ3) is 4.25. The Balaban J connectivity index is 2.20. The maximum atomic E-state index is 14.3. The fraction of sp³-hybridized carbons (Fsp3) is 0.304. The molecule has 1 heterocycles. The molecule has 164 valence electrons. The Kier molecular flexibility index (Phi) is 6.60. The van der Waals surface area contributed by atoms with Gasteiger partial charge < -0.3 is 24.4 Å². The molecule has 1 aliphatic rings. The summed E-state index contributed by atoms with van der Waals surface area (Å²) < 4.78 is 24.6. The van der Waals surface area contributed by atoms with Gasteiger partial charge in [0.15, 0.2) is 11.6 Å². The molecule has 2 aromatic rings. The molecule has 1 unspecified atom stereocenters. The molecule has 1 saturated heterocycles. The van der Waals surface area contributed by atoms with Gasteiger partial charge in [0.1, 0.15) is 11.5 Å². The molecule has 0 aliphatic carbocycles. The van der Waals surface area contributed by atoms with Crippen molar-refractivity contribution >= 4 is 17.4 Å². The van der Waals surface area contributed by atoms with Crippen molar-refractivity contribution in [2.24, 2.45) is 0 Å². The first kappa shape index (κ1) is 22.3. The minimum absolute atomic E-state index is 0.00395. The number of aliphatic hydroxyl groups excluding tert-OH is 1. The van der Waals surface area contributed by atoms with Gasteiger partial charge >= 0.3 is 0 Å². The summed E-state index contributed by atoms with van der Waals surface area (Å²) in [6, 6.07) is 9.97. The van der Waals surface area contributed by atoms with E-state index in [1.807, 2.05) is 19.0 Å². The van der Waals surface area contributed by atoms with E-state index in [-0.39, 0.29) is 23.4 Å². The lowest BCUT2D eigenvalue weighted by molar-refractivity contribution is -0.140. The van der Waals surface area contributed by atoms with Gasteiger partial charge in [0.2, 0.25) is 0 Å². The zero-order valence-corrected chi connectivity index (χ0v) is 17.9. The van der Waals surface area contributed by atoms with Crippen molar-refractivity contribution in [2.45, 2.75) is 6.04 Å². The number of methoxy groups -OCH3 is 2. The van der Waals surface area contributed by atoms with Gasteiger partial charge in [0.25, 0.3) is 11.7 Å². The molecule has 0 saturated carbocycles. The molecule has 0 radical (unpaired) electrons. The highest BCUT2D eigenvalue weighted by Crippen LogP contribution is 2.42. The van der Waals surface area contributed by atoms with E-state index in [0.717, 1.165) is 6.07 Å². The van der Waals surface area contributed by atoms with Crippen LogP contribution in [0.4, 0.5) is 4.39 Å². The highest BCUT2D eigenvalue weighted by molar-refractivity contribution is 6.46. The van der Waals surface area contributed by atoms with Crippen molar-refractivity contribution in [3.05, 3.63) is 65.0 Å². The lowest BCUT2D eigenvalue weighted by Crippen LogP contribution is -2.35. The SMILES string of the molecule is COc1ccc(/C(O)=C2\C(=O)C(=O)N(CCN(C)C)C2c2ccccc2OC)cc1F. The monoisotopic (exact) mass is 428 g/mol. The first-order valence-corrected chi connectivity index (χ1v) is 9.70. The Morgan fingerprint density at radius 2 is 1.77 bits per heavy atom. The standard InChI is InChI=1S/C23H25FN2O5/c1-25(2)11-12-26-20(15-7-5-6-8-17(15)30-3)19(22(28)23(26)29)21(27)14-9-10-18(31-4)16(24)13-14/h5-10,13,20,27H,11-12H2,1-4H3/b21-19+. The number of carbonyl (C=O) groups excluding carboxylic acids is 2. The van der Waals surface area contributed by atoms with E-state index in [2.05, 4.69) is 0 Å². The molecule has 7 nitrogen and oxygen atoms in total. The summed E-state index contributed by atoms with van der Waals surface area (Å²) in [5.41, 5.74) is 0.514. The summed E-state index contributed by atoms with van der Waals surface area (Å²) >= 11 is 0. The number of para-hydroxylation sites is 1. The Hall–Kier alpha value is -3.39. The molecular weight excluding hydrogens is 403 g/mol. The number of ketones is 1. The van der Waals surface area contributed by atoms with Gasteiger partial charge in [0, 0.05) is 24.2 Å². The van der Waals surface area contributed by atoms with E-state index in [1.165, 1.54) is 31.3 Å². The summed E-state index contributed by atoms with van der Waals surface area (Å²) in [5.74, 6) is -2.23. The second kappa shape index (κ2) is 9.18. The lowest BCUT2D eigenvalue weighted by Gasteiger charge is -2.27. The number of nitrogens with zero attached hydrogens (tertiary/aromatic N) is 2. The molecule has 1 atom stereocenters. The maximum absolute atomic E-state index is 14.3. The number of rotatable bonds is 7. The number of amides is 1. The third-order valence-corrected chi connectivity index (χ3v) is 5.19. The van der Waals surface area contributed by atoms with Crippen LogP contribution in [0.1, 0.15) is 17.2 Å². The van der Waals surface area contributed by atoms with Crippen LogP contribution in [0, 0.1) is 5.82 Å². The smallest absolute Gasteiger partial charge is 0.295 e. The number of likely N-dealkylation sites (tertiary alicyclic amines) is 1. The number of benzene rings is 2. The zero-order valence-electron chi connectivity index (χ0n) is 17.9. The average Bonchev–Trinajstić information content (AvgIpc) is 3.01. The highest BCUT2D eigenvalue weighted by Gasteiger charge is 2.46. The molecule has 3 rings (SSSR count). The predicted octanol–water partition coefficient (Wildman–Crippen LogP) is 2.83. The normalized spacial score (nSPS) is 18.0. The molecule has 31 heavy (non-hydrogen) atoms. The molecule has 0 bridgehead atoms. The quantitative estimate of drug-likeness (QED) is 0.415. The van der Waals surface area contributed by atoms with Gasteiger partial charge in [-0.15, -0.1) is 0 Å². The Morgan fingerprint density at radius 3 is 2.39 bits per heavy atom. The van der Waals surface area contributed by atoms with Crippen LogP contribution in [0.25, 0.3) is 5.76 Å². The molecule has 2 aromatic carbocycles. The third-order valence-electron chi connectivity index (χ3n) is 5.19. The first-order valence-electron chi connectivity index (χ1n) is 9.70. The van der Waals surface area contributed by atoms with Crippen LogP contribution < -0.4 is 9.47 Å². The van der Waals surface area contributed by atoms with E-state index in [1.54, 1.807) is 24.3 Å². The van der Waals surface area contributed by atoms with Gasteiger partial charge in [0.05, 0.1) is 25.8 Å². The molecule has 0 spiro atoms. The summed E-state index contributed by atoms with van der Waals surface area (Å²) in [6.07, 6.45) is 0. The van der Waals surface area contributed by atoms with Crippen molar-refractivity contribution in [1.29, 1.82) is 0 Å². The van der Waals surface area contributed by atoms with Gasteiger partial charge in [-0.05, 0) is 38.4 Å². The van der Waals surface area contributed by atoms with Gasteiger partial charge in [-0.1, -0.05) is 18.2 Å².